The number of halogens is 1. The molecule has 1 aliphatic rings. The van der Waals surface area contributed by atoms with Crippen molar-refractivity contribution in [3.8, 4) is 11.5 Å². The van der Waals surface area contributed by atoms with Gasteiger partial charge < -0.3 is 14.8 Å². The molecular formula is C20H23ClN2O5S. The topological polar surface area (TPSA) is 84.9 Å². The molecule has 156 valence electrons. The van der Waals surface area contributed by atoms with Crippen LogP contribution in [0.2, 0.25) is 5.02 Å². The highest BCUT2D eigenvalue weighted by Gasteiger charge is 2.30. The number of carbonyl (C=O) groups excluding carboxylic acids is 1. The molecule has 0 radical (unpaired) electrons. The van der Waals surface area contributed by atoms with Crippen molar-refractivity contribution in [1.29, 1.82) is 0 Å². The first-order valence-electron chi connectivity index (χ1n) is 9.11. The molecule has 0 saturated carbocycles. The van der Waals surface area contributed by atoms with Gasteiger partial charge in [0.15, 0.2) is 11.5 Å². The van der Waals surface area contributed by atoms with Gasteiger partial charge in [-0.2, -0.15) is 0 Å². The monoisotopic (exact) mass is 438 g/mol. The van der Waals surface area contributed by atoms with Crippen LogP contribution in [0.15, 0.2) is 42.5 Å². The first-order chi connectivity index (χ1) is 13.7. The van der Waals surface area contributed by atoms with E-state index in [1.165, 1.54) is 13.0 Å². The molecule has 1 amide bonds. The minimum absolute atomic E-state index is 0.328. The lowest BCUT2D eigenvalue weighted by Crippen LogP contribution is -2.48. The van der Waals surface area contributed by atoms with Crippen molar-refractivity contribution in [2.75, 3.05) is 23.8 Å². The lowest BCUT2D eigenvalue weighted by atomic mass is 10.1. The van der Waals surface area contributed by atoms with E-state index in [-0.39, 0.29) is 6.04 Å². The Kier molecular flexibility index (Phi) is 6.24. The summed E-state index contributed by atoms with van der Waals surface area (Å²) >= 11 is 6.00. The maximum Gasteiger partial charge on any atom is 0.244 e. The molecule has 29 heavy (non-hydrogen) atoms. The minimum Gasteiger partial charge on any atom is -0.486 e. The Hall–Kier alpha value is -2.45. The van der Waals surface area contributed by atoms with E-state index in [2.05, 4.69) is 5.32 Å². The molecule has 2 unspecified atom stereocenters. The normalized spacial score (nSPS) is 15.3. The Morgan fingerprint density at radius 2 is 1.79 bits per heavy atom. The Labute approximate surface area is 175 Å². The van der Waals surface area contributed by atoms with E-state index in [9.17, 15) is 13.2 Å². The number of amides is 1. The van der Waals surface area contributed by atoms with Gasteiger partial charge in [0.25, 0.3) is 0 Å². The van der Waals surface area contributed by atoms with Crippen LogP contribution < -0.4 is 19.1 Å². The van der Waals surface area contributed by atoms with Crippen molar-refractivity contribution >= 4 is 33.2 Å². The first-order valence-corrected chi connectivity index (χ1v) is 11.3. The third-order valence-corrected chi connectivity index (χ3v) is 6.05. The molecule has 7 nitrogen and oxygen atoms in total. The van der Waals surface area contributed by atoms with Gasteiger partial charge in [0.2, 0.25) is 15.9 Å². The number of sulfonamides is 1. The maximum atomic E-state index is 12.9. The van der Waals surface area contributed by atoms with E-state index >= 15 is 0 Å². The summed E-state index contributed by atoms with van der Waals surface area (Å²) in [5.41, 5.74) is 1.15. The highest BCUT2D eigenvalue weighted by molar-refractivity contribution is 7.92. The van der Waals surface area contributed by atoms with Gasteiger partial charge >= 0.3 is 0 Å². The van der Waals surface area contributed by atoms with Gasteiger partial charge in [0.1, 0.15) is 19.3 Å². The van der Waals surface area contributed by atoms with Crippen LogP contribution in [0.4, 0.5) is 5.69 Å². The summed E-state index contributed by atoms with van der Waals surface area (Å²) in [6.07, 6.45) is 1.06. The van der Waals surface area contributed by atoms with Gasteiger partial charge in [-0.25, -0.2) is 8.42 Å². The van der Waals surface area contributed by atoms with Gasteiger partial charge in [-0.3, -0.25) is 9.10 Å². The Morgan fingerprint density at radius 1 is 1.10 bits per heavy atom. The van der Waals surface area contributed by atoms with Gasteiger partial charge in [0.05, 0.1) is 18.0 Å². The molecule has 0 aromatic heterocycles. The summed E-state index contributed by atoms with van der Waals surface area (Å²) in [5.74, 6) is 0.855. The zero-order chi connectivity index (χ0) is 21.2. The number of hydrogen-bond acceptors (Lipinski definition) is 5. The van der Waals surface area contributed by atoms with E-state index in [1.54, 1.807) is 24.3 Å². The summed E-state index contributed by atoms with van der Waals surface area (Å²) < 4.78 is 36.9. The Balaban J connectivity index is 1.79. The van der Waals surface area contributed by atoms with Crippen molar-refractivity contribution in [3.63, 3.8) is 0 Å². The zero-order valence-corrected chi connectivity index (χ0v) is 18.0. The third kappa shape index (κ3) is 4.94. The van der Waals surface area contributed by atoms with Crippen molar-refractivity contribution in [2.45, 2.75) is 25.9 Å². The lowest BCUT2D eigenvalue weighted by molar-refractivity contribution is -0.122. The number of anilines is 1. The molecule has 3 rings (SSSR count). The summed E-state index contributed by atoms with van der Waals surface area (Å²) in [6.45, 7) is 4.33. The molecule has 1 heterocycles. The average molecular weight is 439 g/mol. The summed E-state index contributed by atoms with van der Waals surface area (Å²) in [4.78, 5) is 12.9. The number of nitrogens with zero attached hydrogens (tertiary/aromatic N) is 1. The number of nitrogens with one attached hydrogen (secondary N) is 1. The number of hydrogen-bond donors (Lipinski definition) is 1. The number of rotatable bonds is 6. The quantitative estimate of drug-likeness (QED) is 0.748. The van der Waals surface area contributed by atoms with Gasteiger partial charge in [-0.05, 0) is 49.7 Å². The van der Waals surface area contributed by atoms with Crippen LogP contribution in [0.1, 0.15) is 25.5 Å². The first kappa shape index (κ1) is 21.3. The molecule has 2 aromatic rings. The van der Waals surface area contributed by atoms with Crippen molar-refractivity contribution < 1.29 is 22.7 Å². The highest BCUT2D eigenvalue weighted by atomic mass is 35.5. The third-order valence-electron chi connectivity index (χ3n) is 4.58. The molecule has 2 aromatic carbocycles. The molecule has 0 bridgehead atoms. The van der Waals surface area contributed by atoms with E-state index in [0.29, 0.717) is 35.4 Å². The van der Waals surface area contributed by atoms with E-state index in [4.69, 9.17) is 21.1 Å². The van der Waals surface area contributed by atoms with Crippen LogP contribution in [-0.4, -0.2) is 39.8 Å². The smallest absolute Gasteiger partial charge is 0.244 e. The zero-order valence-electron chi connectivity index (χ0n) is 16.4. The predicted octanol–water partition coefficient (Wildman–Crippen LogP) is 3.14. The molecule has 0 fully saturated rings. The molecule has 1 N–H and O–H groups in total. The predicted molar refractivity (Wildman–Crippen MR) is 112 cm³/mol. The largest absolute Gasteiger partial charge is 0.486 e. The van der Waals surface area contributed by atoms with Crippen LogP contribution in [0.3, 0.4) is 0 Å². The standard InChI is InChI=1S/C20H23ClN2O5S/c1-13(15-7-8-18-19(11-15)28-10-9-27-18)22-20(24)14(2)23(29(3,25)26)17-6-4-5-16(21)12-17/h4-8,11-14H,9-10H2,1-3H3,(H,22,24). The number of carbonyl (C=O) groups is 1. The molecule has 2 atom stereocenters. The van der Waals surface area contributed by atoms with Crippen LogP contribution in [0.25, 0.3) is 0 Å². The van der Waals surface area contributed by atoms with E-state index < -0.39 is 22.0 Å². The molecular weight excluding hydrogens is 416 g/mol. The average Bonchev–Trinajstić information content (AvgIpc) is 2.66. The maximum absolute atomic E-state index is 12.9. The molecule has 0 spiro atoms. The Bertz CT molecular complexity index is 1010. The highest BCUT2D eigenvalue weighted by Crippen LogP contribution is 2.32. The minimum atomic E-state index is -3.71. The summed E-state index contributed by atoms with van der Waals surface area (Å²) in [7, 11) is -3.71. The fraction of sp³-hybridized carbons (Fsp3) is 0.350. The van der Waals surface area contributed by atoms with Crippen molar-refractivity contribution in [2.24, 2.45) is 0 Å². The van der Waals surface area contributed by atoms with E-state index in [0.717, 1.165) is 16.1 Å². The Morgan fingerprint density at radius 3 is 2.45 bits per heavy atom. The van der Waals surface area contributed by atoms with Crippen molar-refractivity contribution in [3.05, 3.63) is 53.1 Å². The molecule has 0 saturated heterocycles. The number of ether oxygens (including phenoxy) is 2. The van der Waals surface area contributed by atoms with Crippen LogP contribution in [-0.2, 0) is 14.8 Å². The van der Waals surface area contributed by atoms with Crippen LogP contribution >= 0.6 is 11.6 Å². The van der Waals surface area contributed by atoms with E-state index in [1.807, 2.05) is 19.1 Å². The van der Waals surface area contributed by atoms with Crippen molar-refractivity contribution in [1.82, 2.24) is 5.32 Å². The fourth-order valence-electron chi connectivity index (χ4n) is 3.17. The SMILES string of the molecule is CC(NC(=O)C(C)N(c1cccc(Cl)c1)S(C)(=O)=O)c1ccc2c(c1)OCCO2. The van der Waals surface area contributed by atoms with Gasteiger partial charge in [0, 0.05) is 5.02 Å². The summed E-state index contributed by atoms with van der Waals surface area (Å²) in [5, 5.41) is 3.25. The van der Waals surface area contributed by atoms with Crippen LogP contribution in [0, 0.1) is 0 Å². The van der Waals surface area contributed by atoms with Gasteiger partial charge in [-0.1, -0.05) is 23.7 Å². The molecule has 9 heteroatoms. The lowest BCUT2D eigenvalue weighted by Gasteiger charge is -2.29. The second kappa shape index (κ2) is 8.51. The number of benzene rings is 2. The summed E-state index contributed by atoms with van der Waals surface area (Å²) in [6, 6.07) is 10.5. The second-order valence-electron chi connectivity index (χ2n) is 6.85. The van der Waals surface area contributed by atoms with Crippen LogP contribution in [0.5, 0.6) is 11.5 Å². The molecule has 0 aliphatic carbocycles. The fourth-order valence-corrected chi connectivity index (χ4v) is 4.52. The second-order valence-corrected chi connectivity index (χ2v) is 9.14. The number of fused-ring (bicyclic) bond motifs is 1. The molecule has 1 aliphatic heterocycles. The van der Waals surface area contributed by atoms with Gasteiger partial charge in [-0.15, -0.1) is 0 Å².